The molecule has 1 N–H and O–H groups in total. The molecule has 0 aliphatic carbocycles. The van der Waals surface area contributed by atoms with E-state index in [1.165, 1.54) is 24.3 Å². The number of fused-ring (bicyclic) bond motifs is 1. The van der Waals surface area contributed by atoms with Crippen molar-refractivity contribution in [1.29, 1.82) is 0 Å². The molecule has 0 fully saturated rings. The molecule has 0 amide bonds. The Morgan fingerprint density at radius 3 is 2.50 bits per heavy atom. The first-order valence-corrected chi connectivity index (χ1v) is 5.68. The molecular formula is C14H11F2NO. The van der Waals surface area contributed by atoms with Crippen LogP contribution >= 0.6 is 0 Å². The number of anilines is 1. The third-order valence-corrected chi connectivity index (χ3v) is 2.93. The molecule has 1 heterocycles. The van der Waals surface area contributed by atoms with E-state index in [0.717, 1.165) is 11.3 Å². The zero-order valence-corrected chi connectivity index (χ0v) is 9.49. The quantitative estimate of drug-likeness (QED) is 0.832. The predicted octanol–water partition coefficient (Wildman–Crippen LogP) is 3.51. The first-order valence-electron chi connectivity index (χ1n) is 5.68. The first kappa shape index (κ1) is 11.0. The van der Waals surface area contributed by atoms with Crippen LogP contribution in [-0.2, 0) is 0 Å². The lowest BCUT2D eigenvalue weighted by atomic mass is 10.1. The number of ether oxygens (including phenoxy) is 1. The fraction of sp³-hybridized carbons (Fsp3) is 0.143. The number of hydrogen-bond acceptors (Lipinski definition) is 2. The van der Waals surface area contributed by atoms with Crippen LogP contribution in [-0.4, -0.2) is 6.54 Å². The van der Waals surface area contributed by atoms with E-state index in [1.54, 1.807) is 18.2 Å². The topological polar surface area (TPSA) is 21.3 Å². The van der Waals surface area contributed by atoms with Crippen LogP contribution in [0.3, 0.4) is 0 Å². The number of nitrogens with one attached hydrogen (secondary N) is 1. The smallest absolute Gasteiger partial charge is 0.146 e. The second kappa shape index (κ2) is 4.29. The van der Waals surface area contributed by atoms with Crippen LogP contribution in [0.25, 0.3) is 0 Å². The SMILES string of the molecule is Fc1ccc(C2CNc3ccc(F)cc3O2)cc1. The minimum absolute atomic E-state index is 0.236. The average molecular weight is 247 g/mol. The van der Waals surface area contributed by atoms with Crippen molar-refractivity contribution >= 4 is 5.69 Å². The number of rotatable bonds is 1. The molecule has 0 spiro atoms. The van der Waals surface area contributed by atoms with Crippen LogP contribution in [0.5, 0.6) is 5.75 Å². The van der Waals surface area contributed by atoms with E-state index in [0.29, 0.717) is 12.3 Å². The van der Waals surface area contributed by atoms with Gasteiger partial charge in [-0.2, -0.15) is 0 Å². The molecule has 2 aromatic carbocycles. The summed E-state index contributed by atoms with van der Waals surface area (Å²) in [6.07, 6.45) is -0.236. The van der Waals surface area contributed by atoms with Gasteiger partial charge in [-0.3, -0.25) is 0 Å². The molecule has 92 valence electrons. The van der Waals surface area contributed by atoms with Crippen LogP contribution in [0.4, 0.5) is 14.5 Å². The minimum Gasteiger partial charge on any atom is -0.482 e. The van der Waals surface area contributed by atoms with E-state index in [4.69, 9.17) is 4.74 Å². The Hall–Kier alpha value is -2.10. The molecule has 1 aliphatic heterocycles. The summed E-state index contributed by atoms with van der Waals surface area (Å²) in [7, 11) is 0. The lowest BCUT2D eigenvalue weighted by Gasteiger charge is -2.27. The van der Waals surface area contributed by atoms with Crippen molar-refractivity contribution in [2.24, 2.45) is 0 Å². The molecule has 1 aliphatic rings. The Balaban J connectivity index is 1.88. The molecule has 2 nitrogen and oxygen atoms in total. The van der Waals surface area contributed by atoms with E-state index in [2.05, 4.69) is 5.32 Å². The monoisotopic (exact) mass is 247 g/mol. The van der Waals surface area contributed by atoms with Crippen molar-refractivity contribution in [2.45, 2.75) is 6.10 Å². The van der Waals surface area contributed by atoms with E-state index in [1.807, 2.05) is 0 Å². The van der Waals surface area contributed by atoms with Gasteiger partial charge in [-0.15, -0.1) is 0 Å². The Morgan fingerprint density at radius 1 is 1.00 bits per heavy atom. The van der Waals surface area contributed by atoms with Gasteiger partial charge in [0, 0.05) is 6.07 Å². The fourth-order valence-corrected chi connectivity index (χ4v) is 2.00. The fourth-order valence-electron chi connectivity index (χ4n) is 2.00. The molecule has 1 unspecified atom stereocenters. The highest BCUT2D eigenvalue weighted by molar-refractivity contribution is 5.58. The summed E-state index contributed by atoms with van der Waals surface area (Å²) in [5, 5.41) is 3.17. The third kappa shape index (κ3) is 2.01. The van der Waals surface area contributed by atoms with Crippen molar-refractivity contribution in [3.63, 3.8) is 0 Å². The lowest BCUT2D eigenvalue weighted by Crippen LogP contribution is -2.23. The maximum Gasteiger partial charge on any atom is 0.146 e. The lowest BCUT2D eigenvalue weighted by molar-refractivity contribution is 0.209. The summed E-state index contributed by atoms with van der Waals surface area (Å²) >= 11 is 0. The van der Waals surface area contributed by atoms with Gasteiger partial charge < -0.3 is 10.1 Å². The van der Waals surface area contributed by atoms with E-state index in [-0.39, 0.29) is 17.7 Å². The predicted molar refractivity (Wildman–Crippen MR) is 64.7 cm³/mol. The third-order valence-electron chi connectivity index (χ3n) is 2.93. The van der Waals surface area contributed by atoms with E-state index in [9.17, 15) is 8.78 Å². The largest absolute Gasteiger partial charge is 0.482 e. The van der Waals surface area contributed by atoms with Gasteiger partial charge in [-0.25, -0.2) is 8.78 Å². The van der Waals surface area contributed by atoms with E-state index < -0.39 is 0 Å². The van der Waals surface area contributed by atoms with Crippen LogP contribution in [0.1, 0.15) is 11.7 Å². The summed E-state index contributed by atoms with van der Waals surface area (Å²) in [4.78, 5) is 0. The summed E-state index contributed by atoms with van der Waals surface area (Å²) in [6.45, 7) is 0.574. The van der Waals surface area contributed by atoms with Gasteiger partial charge in [0.1, 0.15) is 23.5 Å². The maximum absolute atomic E-state index is 13.1. The minimum atomic E-state index is -0.338. The highest BCUT2D eigenvalue weighted by atomic mass is 19.1. The molecule has 0 radical (unpaired) electrons. The number of benzene rings is 2. The molecule has 3 rings (SSSR count). The number of hydrogen-bond donors (Lipinski definition) is 1. The Bertz CT molecular complexity index is 569. The summed E-state index contributed by atoms with van der Waals surface area (Å²) in [5.41, 5.74) is 1.63. The Morgan fingerprint density at radius 2 is 1.72 bits per heavy atom. The first-order chi connectivity index (χ1) is 8.72. The van der Waals surface area contributed by atoms with Crippen molar-refractivity contribution in [2.75, 3.05) is 11.9 Å². The number of halogens is 2. The van der Waals surface area contributed by atoms with Crippen LogP contribution in [0.15, 0.2) is 42.5 Å². The molecule has 0 saturated carbocycles. The normalized spacial score (nSPS) is 17.6. The average Bonchev–Trinajstić information content (AvgIpc) is 2.38. The van der Waals surface area contributed by atoms with Crippen molar-refractivity contribution < 1.29 is 13.5 Å². The second-order valence-corrected chi connectivity index (χ2v) is 4.18. The van der Waals surface area contributed by atoms with Gasteiger partial charge in [0.15, 0.2) is 0 Å². The molecule has 1 atom stereocenters. The molecular weight excluding hydrogens is 236 g/mol. The van der Waals surface area contributed by atoms with Gasteiger partial charge in [-0.1, -0.05) is 12.1 Å². The standard InChI is InChI=1S/C14H11F2NO/c15-10-3-1-9(2-4-10)14-8-17-12-6-5-11(16)7-13(12)18-14/h1-7,14,17H,8H2. The summed E-state index contributed by atoms with van der Waals surface area (Å²) in [5.74, 6) is -0.139. The van der Waals surface area contributed by atoms with E-state index >= 15 is 0 Å². The van der Waals surface area contributed by atoms with Crippen molar-refractivity contribution in [1.82, 2.24) is 0 Å². The summed E-state index contributed by atoms with van der Waals surface area (Å²) in [6, 6.07) is 10.5. The molecule has 2 aromatic rings. The Labute approximate surface area is 103 Å². The van der Waals surface area contributed by atoms with Crippen LogP contribution < -0.4 is 10.1 Å². The highest BCUT2D eigenvalue weighted by Gasteiger charge is 2.21. The van der Waals surface area contributed by atoms with Gasteiger partial charge in [0.25, 0.3) is 0 Å². The molecule has 4 heteroatoms. The molecule has 0 bridgehead atoms. The second-order valence-electron chi connectivity index (χ2n) is 4.18. The zero-order chi connectivity index (χ0) is 12.5. The maximum atomic E-state index is 13.1. The Kier molecular flexibility index (Phi) is 2.63. The molecule has 0 saturated heterocycles. The van der Waals surface area contributed by atoms with Crippen LogP contribution in [0, 0.1) is 11.6 Å². The summed E-state index contributed by atoms with van der Waals surface area (Å²) < 4.78 is 31.7. The van der Waals surface area contributed by atoms with Gasteiger partial charge in [0.05, 0.1) is 12.2 Å². The van der Waals surface area contributed by atoms with Crippen LogP contribution in [0.2, 0.25) is 0 Å². The highest BCUT2D eigenvalue weighted by Crippen LogP contribution is 2.34. The van der Waals surface area contributed by atoms with Gasteiger partial charge in [-0.05, 0) is 29.8 Å². The molecule has 0 aromatic heterocycles. The van der Waals surface area contributed by atoms with Gasteiger partial charge >= 0.3 is 0 Å². The van der Waals surface area contributed by atoms with Gasteiger partial charge in [0.2, 0.25) is 0 Å². The molecule has 18 heavy (non-hydrogen) atoms. The van der Waals surface area contributed by atoms with Crippen molar-refractivity contribution in [3.05, 3.63) is 59.7 Å². The van der Waals surface area contributed by atoms with Crippen molar-refractivity contribution in [3.8, 4) is 5.75 Å². The zero-order valence-electron chi connectivity index (χ0n) is 9.49.